The summed E-state index contributed by atoms with van der Waals surface area (Å²) >= 11 is 0. The molecule has 0 aromatic heterocycles. The van der Waals surface area contributed by atoms with E-state index in [2.05, 4.69) is 5.32 Å². The summed E-state index contributed by atoms with van der Waals surface area (Å²) in [5, 5.41) is 2.92. The second kappa shape index (κ2) is 8.71. The molecule has 2 saturated heterocycles. The highest BCUT2D eigenvalue weighted by atomic mass is 16.5. The number of hydrogen-bond donors (Lipinski definition) is 1. The summed E-state index contributed by atoms with van der Waals surface area (Å²) in [5.41, 5.74) is 0. The lowest BCUT2D eigenvalue weighted by Gasteiger charge is -2.34. The van der Waals surface area contributed by atoms with Gasteiger partial charge in [0.15, 0.2) is 6.61 Å². The van der Waals surface area contributed by atoms with Crippen LogP contribution in [0.3, 0.4) is 0 Å². The Labute approximate surface area is 147 Å². The molecule has 0 saturated carbocycles. The van der Waals surface area contributed by atoms with Gasteiger partial charge in [-0.05, 0) is 25.0 Å². The Morgan fingerprint density at radius 2 is 1.84 bits per heavy atom. The lowest BCUT2D eigenvalue weighted by Crippen LogP contribution is -2.54. The number of nitrogens with one attached hydrogen (secondary N) is 1. The Balaban J connectivity index is 1.35. The van der Waals surface area contributed by atoms with E-state index in [9.17, 15) is 9.59 Å². The molecule has 0 bridgehead atoms. The predicted octanol–water partition coefficient (Wildman–Crippen LogP) is 1.10. The Morgan fingerprint density at radius 3 is 2.52 bits per heavy atom. The van der Waals surface area contributed by atoms with Crippen molar-refractivity contribution in [3.63, 3.8) is 0 Å². The zero-order valence-corrected chi connectivity index (χ0v) is 14.4. The van der Waals surface area contributed by atoms with Crippen LogP contribution in [0.2, 0.25) is 0 Å². The van der Waals surface area contributed by atoms with Crippen LogP contribution in [0.15, 0.2) is 30.3 Å². The van der Waals surface area contributed by atoms with Gasteiger partial charge in [-0.1, -0.05) is 18.2 Å². The summed E-state index contributed by atoms with van der Waals surface area (Å²) in [4.78, 5) is 27.9. The number of carbonyl (C=O) groups excluding carboxylic acids is 2. The van der Waals surface area contributed by atoms with E-state index in [1.807, 2.05) is 30.3 Å². The molecular formula is C18H25N3O4. The third kappa shape index (κ3) is 5.09. The van der Waals surface area contributed by atoms with Gasteiger partial charge >= 0.3 is 6.03 Å². The van der Waals surface area contributed by atoms with Crippen molar-refractivity contribution in [3.05, 3.63) is 30.3 Å². The number of para-hydroxylation sites is 1. The minimum atomic E-state index is -0.0804. The van der Waals surface area contributed by atoms with Gasteiger partial charge in [-0.25, -0.2) is 4.79 Å². The number of amides is 3. The zero-order valence-electron chi connectivity index (χ0n) is 14.4. The monoisotopic (exact) mass is 347 g/mol. The first-order chi connectivity index (χ1) is 12.2. The second-order valence-corrected chi connectivity index (χ2v) is 6.29. The molecule has 0 spiro atoms. The van der Waals surface area contributed by atoms with Gasteiger partial charge in [0.25, 0.3) is 5.91 Å². The van der Waals surface area contributed by atoms with Gasteiger partial charge in [0.2, 0.25) is 0 Å². The topological polar surface area (TPSA) is 71.1 Å². The fourth-order valence-electron chi connectivity index (χ4n) is 3.03. The SMILES string of the molecule is O=C(COc1ccccc1)N1CCN(C(=O)NCC2CCCO2)CC1. The first kappa shape index (κ1) is 17.5. The number of carbonyl (C=O) groups is 2. The second-order valence-electron chi connectivity index (χ2n) is 6.29. The molecular weight excluding hydrogens is 322 g/mol. The van der Waals surface area contributed by atoms with Crippen molar-refractivity contribution in [2.45, 2.75) is 18.9 Å². The van der Waals surface area contributed by atoms with Crippen LogP contribution in [-0.4, -0.2) is 73.8 Å². The maximum absolute atomic E-state index is 12.2. The van der Waals surface area contributed by atoms with Crippen molar-refractivity contribution < 1.29 is 19.1 Å². The fourth-order valence-corrected chi connectivity index (χ4v) is 3.03. The molecule has 7 heteroatoms. The van der Waals surface area contributed by atoms with Gasteiger partial charge in [0.05, 0.1) is 6.10 Å². The Morgan fingerprint density at radius 1 is 1.12 bits per heavy atom. The number of hydrogen-bond acceptors (Lipinski definition) is 4. The smallest absolute Gasteiger partial charge is 0.317 e. The van der Waals surface area contributed by atoms with Gasteiger partial charge in [-0.2, -0.15) is 0 Å². The summed E-state index contributed by atoms with van der Waals surface area (Å²) < 4.78 is 11.0. The molecule has 1 unspecified atom stereocenters. The number of ether oxygens (including phenoxy) is 2. The van der Waals surface area contributed by atoms with Gasteiger partial charge in [-0.3, -0.25) is 4.79 Å². The number of nitrogens with zero attached hydrogens (tertiary/aromatic N) is 2. The van der Waals surface area contributed by atoms with Crippen molar-refractivity contribution in [2.75, 3.05) is 45.9 Å². The maximum Gasteiger partial charge on any atom is 0.317 e. The number of benzene rings is 1. The van der Waals surface area contributed by atoms with Crippen LogP contribution in [0.1, 0.15) is 12.8 Å². The van der Waals surface area contributed by atoms with Crippen LogP contribution in [0.4, 0.5) is 4.79 Å². The van der Waals surface area contributed by atoms with E-state index in [0.29, 0.717) is 38.5 Å². The van der Waals surface area contributed by atoms with E-state index >= 15 is 0 Å². The highest BCUT2D eigenvalue weighted by molar-refractivity contribution is 5.79. The molecule has 3 amide bonds. The molecule has 3 rings (SSSR count). The lowest BCUT2D eigenvalue weighted by molar-refractivity contribution is -0.134. The van der Waals surface area contributed by atoms with E-state index < -0.39 is 0 Å². The average molecular weight is 347 g/mol. The molecule has 2 heterocycles. The first-order valence-corrected chi connectivity index (χ1v) is 8.82. The third-order valence-electron chi connectivity index (χ3n) is 4.53. The van der Waals surface area contributed by atoms with Gasteiger partial charge < -0.3 is 24.6 Å². The predicted molar refractivity (Wildman–Crippen MR) is 92.5 cm³/mol. The van der Waals surface area contributed by atoms with Crippen molar-refractivity contribution in [3.8, 4) is 5.75 Å². The molecule has 2 aliphatic heterocycles. The van der Waals surface area contributed by atoms with Crippen molar-refractivity contribution >= 4 is 11.9 Å². The zero-order chi connectivity index (χ0) is 17.5. The molecule has 7 nitrogen and oxygen atoms in total. The van der Waals surface area contributed by atoms with Crippen LogP contribution in [0.5, 0.6) is 5.75 Å². The Kier molecular flexibility index (Phi) is 6.11. The van der Waals surface area contributed by atoms with E-state index in [0.717, 1.165) is 19.4 Å². The van der Waals surface area contributed by atoms with Gasteiger partial charge in [0.1, 0.15) is 5.75 Å². The normalized spacial score (nSPS) is 20.4. The quantitative estimate of drug-likeness (QED) is 0.866. The summed E-state index contributed by atoms with van der Waals surface area (Å²) in [5.74, 6) is 0.631. The molecule has 136 valence electrons. The molecule has 25 heavy (non-hydrogen) atoms. The van der Waals surface area contributed by atoms with Crippen molar-refractivity contribution in [1.82, 2.24) is 15.1 Å². The average Bonchev–Trinajstić information content (AvgIpc) is 3.19. The Bertz CT molecular complexity index is 567. The molecule has 1 N–H and O–H groups in total. The minimum absolute atomic E-state index is 0.0230. The summed E-state index contributed by atoms with van der Waals surface area (Å²) in [6, 6.07) is 9.20. The van der Waals surface area contributed by atoms with Crippen molar-refractivity contribution in [2.24, 2.45) is 0 Å². The highest BCUT2D eigenvalue weighted by Gasteiger charge is 2.25. The maximum atomic E-state index is 12.2. The lowest BCUT2D eigenvalue weighted by atomic mass is 10.2. The molecule has 0 aliphatic carbocycles. The minimum Gasteiger partial charge on any atom is -0.484 e. The first-order valence-electron chi connectivity index (χ1n) is 8.82. The van der Waals surface area contributed by atoms with E-state index in [1.165, 1.54) is 0 Å². The molecule has 2 fully saturated rings. The standard InChI is InChI=1S/C18H25N3O4/c22-17(14-25-15-5-2-1-3-6-15)20-8-10-21(11-9-20)18(23)19-13-16-7-4-12-24-16/h1-3,5-6,16H,4,7-14H2,(H,19,23). The largest absolute Gasteiger partial charge is 0.484 e. The molecule has 1 aromatic carbocycles. The number of urea groups is 1. The van der Waals surface area contributed by atoms with Crippen LogP contribution >= 0.6 is 0 Å². The number of rotatable bonds is 5. The highest BCUT2D eigenvalue weighted by Crippen LogP contribution is 2.11. The van der Waals surface area contributed by atoms with Crippen LogP contribution in [0.25, 0.3) is 0 Å². The summed E-state index contributed by atoms with van der Waals surface area (Å²) in [7, 11) is 0. The molecule has 1 aromatic rings. The third-order valence-corrected chi connectivity index (χ3v) is 4.53. The van der Waals surface area contributed by atoms with E-state index in [-0.39, 0.29) is 24.6 Å². The van der Waals surface area contributed by atoms with Crippen molar-refractivity contribution in [1.29, 1.82) is 0 Å². The fraction of sp³-hybridized carbons (Fsp3) is 0.556. The van der Waals surface area contributed by atoms with Crippen LogP contribution in [-0.2, 0) is 9.53 Å². The molecule has 2 aliphatic rings. The van der Waals surface area contributed by atoms with Gasteiger partial charge in [0, 0.05) is 39.3 Å². The molecule has 1 atom stereocenters. The van der Waals surface area contributed by atoms with Gasteiger partial charge in [-0.15, -0.1) is 0 Å². The summed E-state index contributed by atoms with van der Waals surface area (Å²) in [6.45, 7) is 3.50. The van der Waals surface area contributed by atoms with Crippen LogP contribution in [0, 0.1) is 0 Å². The molecule has 0 radical (unpaired) electrons. The Hall–Kier alpha value is -2.28. The number of piperazine rings is 1. The van der Waals surface area contributed by atoms with E-state index in [1.54, 1.807) is 9.80 Å². The van der Waals surface area contributed by atoms with E-state index in [4.69, 9.17) is 9.47 Å². The summed E-state index contributed by atoms with van der Waals surface area (Å²) in [6.07, 6.45) is 2.21. The van der Waals surface area contributed by atoms with Crippen LogP contribution < -0.4 is 10.1 Å².